The Morgan fingerprint density at radius 1 is 1.30 bits per heavy atom. The van der Waals surface area contributed by atoms with Crippen molar-refractivity contribution in [2.75, 3.05) is 38.2 Å². The lowest BCUT2D eigenvalue weighted by Crippen LogP contribution is -2.43. The molecule has 20 heavy (non-hydrogen) atoms. The van der Waals surface area contributed by atoms with E-state index in [-0.39, 0.29) is 6.61 Å². The number of rotatable bonds is 5. The molecule has 0 saturated carbocycles. The van der Waals surface area contributed by atoms with E-state index in [2.05, 4.69) is 22.9 Å². The second kappa shape index (κ2) is 7.28. The topological polar surface area (TPSA) is 50.5 Å². The van der Waals surface area contributed by atoms with Gasteiger partial charge in [0, 0.05) is 38.0 Å². The molecule has 0 radical (unpaired) electrons. The van der Waals surface area contributed by atoms with E-state index >= 15 is 0 Å². The predicted molar refractivity (Wildman–Crippen MR) is 80.7 cm³/mol. The molecule has 0 atom stereocenters. The Labute approximate surface area is 121 Å². The van der Waals surface area contributed by atoms with Crippen LogP contribution in [0.2, 0.25) is 0 Å². The van der Waals surface area contributed by atoms with Gasteiger partial charge >= 0.3 is 0 Å². The summed E-state index contributed by atoms with van der Waals surface area (Å²) in [7, 11) is 2.15. The Morgan fingerprint density at radius 3 is 2.50 bits per heavy atom. The van der Waals surface area contributed by atoms with Gasteiger partial charge in [-0.1, -0.05) is 0 Å². The van der Waals surface area contributed by atoms with Gasteiger partial charge in [0.1, 0.15) is 0 Å². The maximum atomic E-state index is 8.89. The van der Waals surface area contributed by atoms with Gasteiger partial charge in [0.2, 0.25) is 0 Å². The Bertz CT molecular complexity index is 444. The molecule has 1 aromatic rings. The smallest absolute Gasteiger partial charge is 0.0991 e. The maximum absolute atomic E-state index is 8.89. The fraction of sp³-hybridized carbons (Fsp3) is 0.562. The first-order chi connectivity index (χ1) is 9.74. The summed E-state index contributed by atoms with van der Waals surface area (Å²) in [5, 5.41) is 17.7. The molecule has 1 aliphatic heterocycles. The summed E-state index contributed by atoms with van der Waals surface area (Å²) in [6.45, 7) is 3.35. The summed E-state index contributed by atoms with van der Waals surface area (Å²) < 4.78 is 0. The van der Waals surface area contributed by atoms with Crippen molar-refractivity contribution in [2.24, 2.45) is 0 Å². The Morgan fingerprint density at radius 2 is 1.95 bits per heavy atom. The van der Waals surface area contributed by atoms with E-state index < -0.39 is 0 Å². The lowest BCUT2D eigenvalue weighted by molar-refractivity contribution is 0.184. The fourth-order valence-electron chi connectivity index (χ4n) is 2.81. The van der Waals surface area contributed by atoms with Crippen LogP contribution in [0.15, 0.2) is 24.3 Å². The summed E-state index contributed by atoms with van der Waals surface area (Å²) in [4.78, 5) is 4.75. The zero-order valence-electron chi connectivity index (χ0n) is 12.1. The molecule has 0 amide bonds. The lowest BCUT2D eigenvalue weighted by atomic mass is 10.0. The van der Waals surface area contributed by atoms with Gasteiger partial charge in [-0.05, 0) is 50.6 Å². The van der Waals surface area contributed by atoms with Crippen molar-refractivity contribution in [3.05, 3.63) is 29.8 Å². The second-order valence-electron chi connectivity index (χ2n) is 5.43. The molecule has 4 nitrogen and oxygen atoms in total. The molecule has 4 heteroatoms. The van der Waals surface area contributed by atoms with Crippen molar-refractivity contribution in [2.45, 2.75) is 25.3 Å². The number of nitriles is 1. The molecular formula is C16H23N3O. The Kier molecular flexibility index (Phi) is 5.40. The third kappa shape index (κ3) is 3.72. The third-order valence-corrected chi connectivity index (χ3v) is 4.12. The number of hydrogen-bond acceptors (Lipinski definition) is 4. The van der Waals surface area contributed by atoms with Crippen LogP contribution in [-0.2, 0) is 0 Å². The zero-order valence-corrected chi connectivity index (χ0v) is 12.1. The van der Waals surface area contributed by atoms with Crippen LogP contribution in [0.4, 0.5) is 5.69 Å². The summed E-state index contributed by atoms with van der Waals surface area (Å²) >= 11 is 0. The first kappa shape index (κ1) is 14.8. The number of benzene rings is 1. The van der Waals surface area contributed by atoms with E-state index in [1.54, 1.807) is 0 Å². The standard InChI is InChI=1S/C16H23N3O/c1-18(9-2-12-20)15-7-10-19(11-8-15)16-5-3-14(13-17)4-6-16/h3-6,15,20H,2,7-12H2,1H3. The van der Waals surface area contributed by atoms with Crippen LogP contribution in [0.1, 0.15) is 24.8 Å². The van der Waals surface area contributed by atoms with Crippen molar-refractivity contribution in [3.63, 3.8) is 0 Å². The Hall–Kier alpha value is -1.57. The van der Waals surface area contributed by atoms with Gasteiger partial charge in [0.05, 0.1) is 11.6 Å². The highest BCUT2D eigenvalue weighted by Crippen LogP contribution is 2.22. The van der Waals surface area contributed by atoms with Crippen molar-refractivity contribution in [3.8, 4) is 6.07 Å². The van der Waals surface area contributed by atoms with E-state index in [4.69, 9.17) is 10.4 Å². The average Bonchev–Trinajstić information content (AvgIpc) is 2.53. The van der Waals surface area contributed by atoms with Crippen LogP contribution in [0.25, 0.3) is 0 Å². The van der Waals surface area contributed by atoms with Gasteiger partial charge in [-0.25, -0.2) is 0 Å². The molecule has 1 aromatic carbocycles. The first-order valence-electron chi connectivity index (χ1n) is 7.31. The van der Waals surface area contributed by atoms with Gasteiger partial charge in [-0.2, -0.15) is 5.26 Å². The minimum Gasteiger partial charge on any atom is -0.396 e. The van der Waals surface area contributed by atoms with Crippen molar-refractivity contribution in [1.82, 2.24) is 4.90 Å². The molecule has 0 aliphatic carbocycles. The van der Waals surface area contributed by atoms with Crippen LogP contribution >= 0.6 is 0 Å². The summed E-state index contributed by atoms with van der Waals surface area (Å²) in [6, 6.07) is 10.6. The number of nitrogens with zero attached hydrogens (tertiary/aromatic N) is 3. The summed E-state index contributed by atoms with van der Waals surface area (Å²) in [5.74, 6) is 0. The number of aliphatic hydroxyl groups is 1. The highest BCUT2D eigenvalue weighted by molar-refractivity contribution is 5.50. The molecule has 1 heterocycles. The van der Waals surface area contributed by atoms with Crippen LogP contribution < -0.4 is 4.90 Å². The Balaban J connectivity index is 1.85. The van der Waals surface area contributed by atoms with Gasteiger partial charge in [0.15, 0.2) is 0 Å². The third-order valence-electron chi connectivity index (χ3n) is 4.12. The molecule has 0 unspecified atom stereocenters. The molecule has 0 spiro atoms. The van der Waals surface area contributed by atoms with Crippen molar-refractivity contribution < 1.29 is 5.11 Å². The lowest BCUT2D eigenvalue weighted by Gasteiger charge is -2.37. The van der Waals surface area contributed by atoms with Gasteiger partial charge < -0.3 is 14.9 Å². The molecular weight excluding hydrogens is 250 g/mol. The molecule has 108 valence electrons. The summed E-state index contributed by atoms with van der Waals surface area (Å²) in [6.07, 6.45) is 3.16. The van der Waals surface area contributed by atoms with Crippen LogP contribution in [0.5, 0.6) is 0 Å². The van der Waals surface area contributed by atoms with E-state index in [0.29, 0.717) is 11.6 Å². The van der Waals surface area contributed by atoms with E-state index in [1.807, 2.05) is 24.3 Å². The van der Waals surface area contributed by atoms with E-state index in [1.165, 1.54) is 5.69 Å². The highest BCUT2D eigenvalue weighted by Gasteiger charge is 2.22. The molecule has 2 rings (SSSR count). The quantitative estimate of drug-likeness (QED) is 0.889. The zero-order chi connectivity index (χ0) is 14.4. The SMILES string of the molecule is CN(CCCO)C1CCN(c2ccc(C#N)cc2)CC1. The average molecular weight is 273 g/mol. The summed E-state index contributed by atoms with van der Waals surface area (Å²) in [5.41, 5.74) is 1.92. The van der Waals surface area contributed by atoms with Crippen LogP contribution in [0, 0.1) is 11.3 Å². The molecule has 1 saturated heterocycles. The predicted octanol–water partition coefficient (Wildman–Crippen LogP) is 1.84. The molecule has 1 N–H and O–H groups in total. The largest absolute Gasteiger partial charge is 0.396 e. The normalized spacial score (nSPS) is 16.4. The minimum atomic E-state index is 0.272. The maximum Gasteiger partial charge on any atom is 0.0991 e. The number of aliphatic hydroxyl groups excluding tert-OH is 1. The monoisotopic (exact) mass is 273 g/mol. The molecule has 0 bridgehead atoms. The van der Waals surface area contributed by atoms with Gasteiger partial charge in [-0.15, -0.1) is 0 Å². The number of anilines is 1. The molecule has 0 aromatic heterocycles. The van der Waals surface area contributed by atoms with Crippen LogP contribution in [-0.4, -0.2) is 49.3 Å². The highest BCUT2D eigenvalue weighted by atomic mass is 16.3. The van der Waals surface area contributed by atoms with E-state index in [9.17, 15) is 0 Å². The number of hydrogen-bond donors (Lipinski definition) is 1. The second-order valence-corrected chi connectivity index (χ2v) is 5.43. The number of piperidine rings is 1. The molecule has 1 fully saturated rings. The van der Waals surface area contributed by atoms with Gasteiger partial charge in [0.25, 0.3) is 0 Å². The fourth-order valence-corrected chi connectivity index (χ4v) is 2.81. The molecule has 1 aliphatic rings. The van der Waals surface area contributed by atoms with Crippen LogP contribution in [0.3, 0.4) is 0 Å². The van der Waals surface area contributed by atoms with Crippen molar-refractivity contribution in [1.29, 1.82) is 5.26 Å². The first-order valence-corrected chi connectivity index (χ1v) is 7.31. The minimum absolute atomic E-state index is 0.272. The van der Waals surface area contributed by atoms with Crippen molar-refractivity contribution >= 4 is 5.69 Å². The van der Waals surface area contributed by atoms with E-state index in [0.717, 1.165) is 38.9 Å². The van der Waals surface area contributed by atoms with Gasteiger partial charge in [-0.3, -0.25) is 0 Å².